The molecule has 4 rings (SSSR count). The molecule has 3 aromatic heterocycles. The number of nitrogens with zero attached hydrogens (tertiary/aromatic N) is 5. The zero-order chi connectivity index (χ0) is 19.7. The zero-order valence-corrected chi connectivity index (χ0v) is 14.7. The molecule has 146 valence electrons. The van der Waals surface area contributed by atoms with E-state index in [2.05, 4.69) is 20.4 Å². The van der Waals surface area contributed by atoms with Gasteiger partial charge in [-0.25, -0.2) is 9.50 Å². The molecule has 1 aliphatic heterocycles. The number of amides is 1. The molecule has 0 saturated carbocycles. The van der Waals surface area contributed by atoms with Gasteiger partial charge in [0, 0.05) is 18.9 Å². The van der Waals surface area contributed by atoms with Gasteiger partial charge in [-0.1, -0.05) is 0 Å². The maximum absolute atomic E-state index is 13.4. The highest BCUT2D eigenvalue weighted by atomic mass is 19.4. The minimum Gasteiger partial charge on any atom is -0.344 e. The molecule has 1 unspecified atom stereocenters. The summed E-state index contributed by atoms with van der Waals surface area (Å²) in [5, 5.41) is 6.75. The molecule has 1 fully saturated rings. The topological polar surface area (TPSA) is 75.4 Å². The molecule has 0 spiro atoms. The predicted molar refractivity (Wildman–Crippen MR) is 96.2 cm³/mol. The molecule has 10 heteroatoms. The summed E-state index contributed by atoms with van der Waals surface area (Å²) in [5.74, 6) is -0.274. The molecule has 1 amide bonds. The second kappa shape index (κ2) is 7.10. The molecule has 1 aliphatic rings. The van der Waals surface area contributed by atoms with Crippen LogP contribution < -0.4 is 10.2 Å². The van der Waals surface area contributed by atoms with Crippen molar-refractivity contribution in [2.75, 3.05) is 16.8 Å². The lowest BCUT2D eigenvalue weighted by molar-refractivity contribution is -0.152. The summed E-state index contributed by atoms with van der Waals surface area (Å²) in [6.07, 6.45) is 2.80. The third-order valence-electron chi connectivity index (χ3n) is 4.69. The van der Waals surface area contributed by atoms with Crippen LogP contribution in [0.2, 0.25) is 0 Å². The maximum Gasteiger partial charge on any atom is 0.408 e. The van der Waals surface area contributed by atoms with E-state index in [1.807, 2.05) is 0 Å². The summed E-state index contributed by atoms with van der Waals surface area (Å²) in [7, 11) is 0. The van der Waals surface area contributed by atoms with E-state index < -0.39 is 18.1 Å². The Kier molecular flexibility index (Phi) is 4.62. The van der Waals surface area contributed by atoms with Gasteiger partial charge in [-0.15, -0.1) is 0 Å². The van der Waals surface area contributed by atoms with E-state index in [0.29, 0.717) is 18.5 Å². The van der Waals surface area contributed by atoms with Crippen LogP contribution in [-0.4, -0.2) is 44.3 Å². The Hall–Kier alpha value is -3.17. The van der Waals surface area contributed by atoms with Crippen molar-refractivity contribution in [1.29, 1.82) is 0 Å². The number of carbonyl (C=O) groups is 1. The van der Waals surface area contributed by atoms with Gasteiger partial charge in [-0.3, -0.25) is 9.78 Å². The Balaban J connectivity index is 1.67. The van der Waals surface area contributed by atoms with Crippen molar-refractivity contribution in [2.24, 2.45) is 0 Å². The van der Waals surface area contributed by atoms with Gasteiger partial charge in [0.1, 0.15) is 17.4 Å². The summed E-state index contributed by atoms with van der Waals surface area (Å²) in [4.78, 5) is 22.1. The van der Waals surface area contributed by atoms with Crippen molar-refractivity contribution in [3.63, 3.8) is 0 Å². The molecule has 0 aliphatic carbocycles. The van der Waals surface area contributed by atoms with E-state index >= 15 is 0 Å². The van der Waals surface area contributed by atoms with Crippen LogP contribution in [0.3, 0.4) is 0 Å². The summed E-state index contributed by atoms with van der Waals surface area (Å²) in [6.45, 7) is 0.263. The minimum atomic E-state index is -4.34. The van der Waals surface area contributed by atoms with Crippen molar-refractivity contribution < 1.29 is 18.0 Å². The Labute approximate surface area is 158 Å². The van der Waals surface area contributed by atoms with Gasteiger partial charge in [0.2, 0.25) is 0 Å². The third kappa shape index (κ3) is 3.49. The van der Waals surface area contributed by atoms with Crippen molar-refractivity contribution in [2.45, 2.75) is 31.5 Å². The van der Waals surface area contributed by atoms with Gasteiger partial charge < -0.3 is 10.2 Å². The molecule has 1 atom stereocenters. The highest BCUT2D eigenvalue weighted by Crippen LogP contribution is 2.34. The molecule has 28 heavy (non-hydrogen) atoms. The van der Waals surface area contributed by atoms with Crippen molar-refractivity contribution in [1.82, 2.24) is 19.6 Å². The van der Waals surface area contributed by atoms with Crippen LogP contribution in [0, 0.1) is 0 Å². The number of fused-ring (bicyclic) bond motifs is 1. The number of nitrogens with one attached hydrogen (secondary N) is 1. The number of carbonyl (C=O) groups excluding carboxylic acids is 1. The van der Waals surface area contributed by atoms with Crippen LogP contribution >= 0.6 is 0 Å². The SMILES string of the molecule is O=C(Nc1cccnc1)c1cnn2ccc(N3CCCCC3C(F)(F)F)nc12. The van der Waals surface area contributed by atoms with E-state index in [4.69, 9.17) is 0 Å². The number of piperidine rings is 1. The van der Waals surface area contributed by atoms with E-state index in [9.17, 15) is 18.0 Å². The van der Waals surface area contributed by atoms with Crippen molar-refractivity contribution >= 4 is 23.1 Å². The molecule has 0 aromatic carbocycles. The van der Waals surface area contributed by atoms with Gasteiger partial charge in [-0.05, 0) is 37.5 Å². The van der Waals surface area contributed by atoms with Crippen LogP contribution in [0.5, 0.6) is 0 Å². The van der Waals surface area contributed by atoms with Crippen LogP contribution in [-0.2, 0) is 0 Å². The Morgan fingerprint density at radius 3 is 2.82 bits per heavy atom. The smallest absolute Gasteiger partial charge is 0.344 e. The van der Waals surface area contributed by atoms with Crippen molar-refractivity contribution in [3.05, 3.63) is 48.5 Å². The molecule has 7 nitrogen and oxygen atoms in total. The number of rotatable bonds is 3. The first-order valence-corrected chi connectivity index (χ1v) is 8.82. The Morgan fingerprint density at radius 1 is 1.21 bits per heavy atom. The molecule has 1 saturated heterocycles. The van der Waals surface area contributed by atoms with E-state index in [1.165, 1.54) is 34.1 Å². The van der Waals surface area contributed by atoms with Gasteiger partial charge in [-0.2, -0.15) is 18.3 Å². The number of anilines is 2. The first kappa shape index (κ1) is 18.2. The number of aromatic nitrogens is 4. The lowest BCUT2D eigenvalue weighted by Gasteiger charge is -2.37. The molecule has 1 N–H and O–H groups in total. The molecule has 3 aromatic rings. The van der Waals surface area contributed by atoms with Crippen LogP contribution in [0.1, 0.15) is 29.6 Å². The summed E-state index contributed by atoms with van der Waals surface area (Å²) >= 11 is 0. The molecular formula is C18H17F3N6O. The lowest BCUT2D eigenvalue weighted by atomic mass is 10.0. The number of pyridine rings is 1. The highest BCUT2D eigenvalue weighted by molar-refractivity contribution is 6.08. The molecule has 0 radical (unpaired) electrons. The first-order valence-electron chi connectivity index (χ1n) is 8.82. The van der Waals surface area contributed by atoms with E-state index in [0.717, 1.165) is 0 Å². The summed E-state index contributed by atoms with van der Waals surface area (Å²) in [6, 6.07) is 3.27. The second-order valence-electron chi connectivity index (χ2n) is 6.55. The average Bonchev–Trinajstić information content (AvgIpc) is 3.11. The fourth-order valence-corrected chi connectivity index (χ4v) is 3.36. The zero-order valence-electron chi connectivity index (χ0n) is 14.7. The fourth-order valence-electron chi connectivity index (χ4n) is 3.36. The maximum atomic E-state index is 13.4. The predicted octanol–water partition coefficient (Wildman–Crippen LogP) is 3.30. The largest absolute Gasteiger partial charge is 0.408 e. The molecule has 4 heterocycles. The van der Waals surface area contributed by atoms with Gasteiger partial charge >= 0.3 is 6.18 Å². The molecular weight excluding hydrogens is 373 g/mol. The standard InChI is InChI=1S/C18H17F3N6O/c19-18(20,21)14-5-1-2-8-26(14)15-6-9-27-16(25-15)13(11-23-27)17(28)24-12-4-3-7-22-10-12/h3-4,6-7,9-11,14H,1-2,5,8H2,(H,24,28). The molecule has 0 bridgehead atoms. The summed E-state index contributed by atoms with van der Waals surface area (Å²) in [5.41, 5.74) is 0.868. The number of halogens is 3. The normalized spacial score (nSPS) is 17.7. The lowest BCUT2D eigenvalue weighted by Crippen LogP contribution is -2.49. The first-order chi connectivity index (χ1) is 13.4. The summed E-state index contributed by atoms with van der Waals surface area (Å²) < 4.78 is 41.6. The number of hydrogen-bond donors (Lipinski definition) is 1. The third-order valence-corrected chi connectivity index (χ3v) is 4.69. The van der Waals surface area contributed by atoms with Crippen LogP contribution in [0.15, 0.2) is 43.0 Å². The highest BCUT2D eigenvalue weighted by Gasteiger charge is 2.45. The second-order valence-corrected chi connectivity index (χ2v) is 6.55. The quantitative estimate of drug-likeness (QED) is 0.743. The number of alkyl halides is 3. The van der Waals surface area contributed by atoms with Gasteiger partial charge in [0.25, 0.3) is 5.91 Å². The van der Waals surface area contributed by atoms with Gasteiger partial charge in [0.15, 0.2) is 5.65 Å². The van der Waals surface area contributed by atoms with Crippen molar-refractivity contribution in [3.8, 4) is 0 Å². The fraction of sp³-hybridized carbons (Fsp3) is 0.333. The van der Waals surface area contributed by atoms with E-state index in [1.54, 1.807) is 18.3 Å². The Bertz CT molecular complexity index is 988. The van der Waals surface area contributed by atoms with Crippen LogP contribution in [0.4, 0.5) is 24.7 Å². The number of hydrogen-bond acceptors (Lipinski definition) is 5. The Morgan fingerprint density at radius 2 is 2.07 bits per heavy atom. The average molecular weight is 390 g/mol. The van der Waals surface area contributed by atoms with Gasteiger partial charge in [0.05, 0.1) is 18.1 Å². The monoisotopic (exact) mass is 390 g/mol. The minimum absolute atomic E-state index is 0.0317. The van der Waals surface area contributed by atoms with Crippen LogP contribution in [0.25, 0.3) is 5.65 Å². The van der Waals surface area contributed by atoms with E-state index in [-0.39, 0.29) is 30.0 Å².